The van der Waals surface area contributed by atoms with Crippen molar-refractivity contribution >= 4 is 10.8 Å². The van der Waals surface area contributed by atoms with Gasteiger partial charge in [0.15, 0.2) is 0 Å². The number of ether oxygens (including phenoxy) is 1. The number of hydrogen-bond acceptors (Lipinski definition) is 3. The molecule has 4 heteroatoms. The van der Waals surface area contributed by atoms with E-state index in [0.29, 0.717) is 5.92 Å². The van der Waals surface area contributed by atoms with Crippen LogP contribution < -0.4 is 5.32 Å². The van der Waals surface area contributed by atoms with Crippen LogP contribution in [-0.2, 0) is 15.5 Å². The summed E-state index contributed by atoms with van der Waals surface area (Å²) >= 11 is 0. The minimum absolute atomic E-state index is 0.663. The summed E-state index contributed by atoms with van der Waals surface area (Å²) in [4.78, 5) is 0. The third-order valence-corrected chi connectivity index (χ3v) is 3.33. The van der Waals surface area contributed by atoms with Gasteiger partial charge in [0.2, 0.25) is 0 Å². The van der Waals surface area contributed by atoms with Crippen LogP contribution >= 0.6 is 0 Å². The Morgan fingerprint density at radius 3 is 2.67 bits per heavy atom. The first-order valence-electron chi connectivity index (χ1n) is 5.80. The number of rotatable bonds is 10. The fourth-order valence-electron chi connectivity index (χ4n) is 1.15. The van der Waals surface area contributed by atoms with E-state index in [1.165, 1.54) is 0 Å². The third-order valence-electron chi connectivity index (χ3n) is 1.92. The summed E-state index contributed by atoms with van der Waals surface area (Å²) in [5.41, 5.74) is 0. The van der Waals surface area contributed by atoms with Gasteiger partial charge in [-0.25, -0.2) is 0 Å². The SMILES string of the molecule is CCOCCCS(=O)CCNCC(C)C. The van der Waals surface area contributed by atoms with Gasteiger partial charge in [-0.1, -0.05) is 13.8 Å². The van der Waals surface area contributed by atoms with E-state index in [-0.39, 0.29) is 0 Å². The Morgan fingerprint density at radius 2 is 2.07 bits per heavy atom. The molecule has 3 nitrogen and oxygen atoms in total. The molecule has 0 spiro atoms. The lowest BCUT2D eigenvalue weighted by atomic mass is 10.2. The summed E-state index contributed by atoms with van der Waals surface area (Å²) in [5.74, 6) is 2.19. The second-order valence-corrected chi connectivity index (χ2v) is 5.69. The van der Waals surface area contributed by atoms with E-state index in [0.717, 1.165) is 44.2 Å². The lowest BCUT2D eigenvalue weighted by Crippen LogP contribution is -2.25. The molecule has 0 aromatic heterocycles. The second-order valence-electron chi connectivity index (χ2n) is 4.00. The van der Waals surface area contributed by atoms with Crippen LogP contribution in [0.25, 0.3) is 0 Å². The molecule has 1 atom stereocenters. The molecule has 1 unspecified atom stereocenters. The summed E-state index contributed by atoms with van der Waals surface area (Å²) in [7, 11) is -0.681. The van der Waals surface area contributed by atoms with E-state index >= 15 is 0 Å². The first-order chi connectivity index (χ1) is 7.16. The zero-order valence-electron chi connectivity index (χ0n) is 10.3. The molecule has 0 aromatic rings. The molecule has 0 rings (SSSR count). The van der Waals surface area contributed by atoms with Gasteiger partial charge in [0.25, 0.3) is 0 Å². The van der Waals surface area contributed by atoms with Crippen LogP contribution in [0.5, 0.6) is 0 Å². The summed E-state index contributed by atoms with van der Waals surface area (Å²) in [6.07, 6.45) is 0.907. The van der Waals surface area contributed by atoms with Crippen molar-refractivity contribution in [2.45, 2.75) is 27.2 Å². The van der Waals surface area contributed by atoms with E-state index in [2.05, 4.69) is 19.2 Å². The lowest BCUT2D eigenvalue weighted by molar-refractivity contribution is 0.149. The molecule has 15 heavy (non-hydrogen) atoms. The van der Waals surface area contributed by atoms with Gasteiger partial charge in [-0.15, -0.1) is 0 Å². The van der Waals surface area contributed by atoms with Gasteiger partial charge in [0.1, 0.15) is 0 Å². The van der Waals surface area contributed by atoms with Gasteiger partial charge in [0, 0.05) is 42.1 Å². The Labute approximate surface area is 96.4 Å². The van der Waals surface area contributed by atoms with Crippen LogP contribution in [0.2, 0.25) is 0 Å². The predicted octanol–water partition coefficient (Wildman–Crippen LogP) is 1.41. The highest BCUT2D eigenvalue weighted by Crippen LogP contribution is 1.90. The quantitative estimate of drug-likeness (QED) is 0.582. The number of nitrogens with one attached hydrogen (secondary N) is 1. The van der Waals surface area contributed by atoms with Crippen molar-refractivity contribution in [2.24, 2.45) is 5.92 Å². The largest absolute Gasteiger partial charge is 0.382 e. The molecule has 0 aliphatic heterocycles. The van der Waals surface area contributed by atoms with Gasteiger partial charge >= 0.3 is 0 Å². The second kappa shape index (κ2) is 10.6. The fourth-order valence-corrected chi connectivity index (χ4v) is 2.16. The van der Waals surface area contributed by atoms with Crippen molar-refractivity contribution in [3.8, 4) is 0 Å². The highest BCUT2D eigenvalue weighted by molar-refractivity contribution is 7.84. The topological polar surface area (TPSA) is 38.3 Å². The van der Waals surface area contributed by atoms with Gasteiger partial charge < -0.3 is 10.1 Å². The van der Waals surface area contributed by atoms with Crippen molar-refractivity contribution in [1.82, 2.24) is 5.32 Å². The van der Waals surface area contributed by atoms with Crippen LogP contribution in [0.1, 0.15) is 27.2 Å². The van der Waals surface area contributed by atoms with Crippen LogP contribution in [0.15, 0.2) is 0 Å². The molecule has 0 saturated heterocycles. The van der Waals surface area contributed by atoms with E-state index in [1.807, 2.05) is 6.92 Å². The molecular weight excluding hydrogens is 210 g/mol. The highest BCUT2D eigenvalue weighted by Gasteiger charge is 1.99. The smallest absolute Gasteiger partial charge is 0.0474 e. The van der Waals surface area contributed by atoms with Crippen molar-refractivity contribution in [2.75, 3.05) is 37.8 Å². The molecule has 0 fully saturated rings. The van der Waals surface area contributed by atoms with Crippen LogP contribution in [-0.4, -0.2) is 42.0 Å². The molecule has 1 N–H and O–H groups in total. The Balaban J connectivity index is 3.19. The Hall–Kier alpha value is 0.0700. The van der Waals surface area contributed by atoms with Crippen LogP contribution in [0.4, 0.5) is 0 Å². The Morgan fingerprint density at radius 1 is 1.33 bits per heavy atom. The Bertz CT molecular complexity index is 163. The minimum atomic E-state index is -0.681. The van der Waals surface area contributed by atoms with Crippen LogP contribution in [0, 0.1) is 5.92 Å². The third kappa shape index (κ3) is 12.0. The standard InChI is InChI=1S/C11H25NO2S/c1-4-14-7-5-8-15(13)9-6-12-10-11(2)3/h11-12H,4-10H2,1-3H3. The van der Waals surface area contributed by atoms with E-state index < -0.39 is 10.8 Å². The summed E-state index contributed by atoms with van der Waals surface area (Å²) in [5, 5.41) is 3.29. The van der Waals surface area contributed by atoms with Crippen molar-refractivity contribution < 1.29 is 8.95 Å². The summed E-state index contributed by atoms with van der Waals surface area (Å²) < 4.78 is 16.7. The molecular formula is C11H25NO2S. The molecule has 0 aromatic carbocycles. The molecule has 0 saturated carbocycles. The first kappa shape index (κ1) is 15.1. The fraction of sp³-hybridized carbons (Fsp3) is 1.00. The average molecular weight is 235 g/mol. The maximum absolute atomic E-state index is 11.5. The average Bonchev–Trinajstić information content (AvgIpc) is 2.19. The van der Waals surface area contributed by atoms with Gasteiger partial charge in [0.05, 0.1) is 0 Å². The van der Waals surface area contributed by atoms with E-state index in [4.69, 9.17) is 4.74 Å². The van der Waals surface area contributed by atoms with E-state index in [1.54, 1.807) is 0 Å². The highest BCUT2D eigenvalue weighted by atomic mass is 32.2. The molecule has 92 valence electrons. The normalized spacial score (nSPS) is 13.3. The molecule has 0 bridgehead atoms. The molecule has 0 radical (unpaired) electrons. The maximum Gasteiger partial charge on any atom is 0.0474 e. The minimum Gasteiger partial charge on any atom is -0.382 e. The monoisotopic (exact) mass is 235 g/mol. The molecule has 0 aliphatic carbocycles. The number of hydrogen-bond donors (Lipinski definition) is 1. The van der Waals surface area contributed by atoms with Crippen molar-refractivity contribution in [3.63, 3.8) is 0 Å². The van der Waals surface area contributed by atoms with Crippen molar-refractivity contribution in [3.05, 3.63) is 0 Å². The van der Waals surface area contributed by atoms with Crippen LogP contribution in [0.3, 0.4) is 0 Å². The van der Waals surface area contributed by atoms with E-state index in [9.17, 15) is 4.21 Å². The molecule has 0 amide bonds. The van der Waals surface area contributed by atoms with Gasteiger partial charge in [-0.2, -0.15) is 0 Å². The van der Waals surface area contributed by atoms with Gasteiger partial charge in [-0.05, 0) is 25.8 Å². The molecule has 0 aliphatic rings. The van der Waals surface area contributed by atoms with Crippen molar-refractivity contribution in [1.29, 1.82) is 0 Å². The summed E-state index contributed by atoms with van der Waals surface area (Å²) in [6, 6.07) is 0. The Kier molecular flexibility index (Phi) is 10.6. The molecule has 0 heterocycles. The maximum atomic E-state index is 11.5. The first-order valence-corrected chi connectivity index (χ1v) is 7.29. The zero-order valence-corrected chi connectivity index (χ0v) is 11.1. The predicted molar refractivity (Wildman–Crippen MR) is 66.7 cm³/mol. The summed E-state index contributed by atoms with van der Waals surface area (Å²) in [6.45, 7) is 9.69. The van der Waals surface area contributed by atoms with Gasteiger partial charge in [-0.3, -0.25) is 4.21 Å². The lowest BCUT2D eigenvalue weighted by Gasteiger charge is -2.07. The zero-order chi connectivity index (χ0) is 11.5.